The van der Waals surface area contributed by atoms with E-state index in [4.69, 9.17) is 11.6 Å². The Hall–Kier alpha value is -2.54. The molecule has 1 aliphatic rings. The Morgan fingerprint density at radius 1 is 0.763 bits per heavy atom. The van der Waals surface area contributed by atoms with E-state index in [1.807, 2.05) is 17.8 Å². The van der Waals surface area contributed by atoms with Crippen molar-refractivity contribution in [2.24, 2.45) is 0 Å². The monoisotopic (exact) mass is 605 g/mol. The minimum absolute atomic E-state index is 0. The van der Waals surface area contributed by atoms with Gasteiger partial charge < -0.3 is 32.1 Å². The van der Waals surface area contributed by atoms with Gasteiger partial charge in [-0.1, -0.05) is 78.0 Å². The van der Waals surface area contributed by atoms with Crippen molar-refractivity contribution in [1.82, 2.24) is 4.90 Å². The summed E-state index contributed by atoms with van der Waals surface area (Å²) in [6.45, 7) is 2.09. The fourth-order valence-electron chi connectivity index (χ4n) is 4.91. The van der Waals surface area contributed by atoms with Gasteiger partial charge in [0.15, 0.2) is 0 Å². The van der Waals surface area contributed by atoms with Crippen LogP contribution in [0.1, 0.15) is 6.42 Å². The van der Waals surface area contributed by atoms with Crippen molar-refractivity contribution in [3.05, 3.63) is 102 Å². The number of hydrogen-bond donors (Lipinski definition) is 1. The van der Waals surface area contributed by atoms with Crippen LogP contribution in [0.3, 0.4) is 0 Å². The first kappa shape index (κ1) is 28.5. The van der Waals surface area contributed by atoms with E-state index in [0.29, 0.717) is 0 Å². The maximum absolute atomic E-state index is 6.21. The molecule has 0 amide bonds. The van der Waals surface area contributed by atoms with E-state index in [-0.39, 0.29) is 17.0 Å². The molecule has 0 atom stereocenters. The quantitative estimate of drug-likeness (QED) is 0.232. The molecule has 0 bridgehead atoms. The number of nitrogens with zero attached hydrogens (tertiary/aromatic N) is 2. The highest BCUT2D eigenvalue weighted by molar-refractivity contribution is 7.99. The summed E-state index contributed by atoms with van der Waals surface area (Å²) in [4.78, 5) is 7.22. The summed E-state index contributed by atoms with van der Waals surface area (Å²) in [5.41, 5.74) is 3.83. The Morgan fingerprint density at radius 2 is 1.42 bits per heavy atom. The average Bonchev–Trinajstić information content (AvgIpc) is 2.92. The minimum Gasteiger partial charge on any atom is -1.00 e. The van der Waals surface area contributed by atoms with Crippen molar-refractivity contribution < 1.29 is 22.3 Å². The van der Waals surface area contributed by atoms with Crippen molar-refractivity contribution in [2.75, 3.05) is 39.1 Å². The highest BCUT2D eigenvalue weighted by atomic mass is 79.9. The van der Waals surface area contributed by atoms with Crippen molar-refractivity contribution >= 4 is 62.0 Å². The molecule has 38 heavy (non-hydrogen) atoms. The van der Waals surface area contributed by atoms with Crippen LogP contribution in [0.5, 0.6) is 0 Å². The number of hydrogen-bond acceptors (Lipinski definition) is 3. The van der Waals surface area contributed by atoms with E-state index in [1.165, 1.54) is 48.4 Å². The Labute approximate surface area is 245 Å². The zero-order valence-corrected chi connectivity index (χ0v) is 25.2. The number of para-hydroxylation sites is 1. The lowest BCUT2D eigenvalue weighted by molar-refractivity contribution is -0.537. The fraction of sp³-hybridized carbons (Fsp3) is 0.188. The SMILES string of the molecule is CN(C)CCCN1c2ccccc2Sc2ccc(Cl)cc21.C[NH2+]c1cc2ccccc2c2ccccc12.[Br-]. The van der Waals surface area contributed by atoms with Gasteiger partial charge in [0.05, 0.1) is 18.4 Å². The lowest BCUT2D eigenvalue weighted by atomic mass is 10.0. The van der Waals surface area contributed by atoms with Crippen LogP contribution < -0.4 is 27.2 Å². The summed E-state index contributed by atoms with van der Waals surface area (Å²) in [7, 11) is 6.33. The highest BCUT2D eigenvalue weighted by Gasteiger charge is 2.23. The van der Waals surface area contributed by atoms with Gasteiger partial charge in [0.1, 0.15) is 5.69 Å². The molecule has 3 nitrogen and oxygen atoms in total. The number of rotatable bonds is 5. The summed E-state index contributed by atoms with van der Waals surface area (Å²) >= 11 is 8.03. The van der Waals surface area contributed by atoms with Crippen LogP contribution in [0.2, 0.25) is 5.02 Å². The van der Waals surface area contributed by atoms with Gasteiger partial charge in [-0.15, -0.1) is 0 Å². The van der Waals surface area contributed by atoms with E-state index in [0.717, 1.165) is 24.5 Å². The standard InChI is InChI=1S/C17H19ClN2S.C15H13N.BrH/c1-19(2)10-5-11-20-14-6-3-4-7-16(14)21-17-9-8-13(18)12-15(17)20;1-16-15-10-11-6-2-3-7-12(11)13-8-4-5-9-14(13)15;/h3-4,6-9,12H,5,10-11H2,1-2H3;2-10,16H,1H3;1H. The van der Waals surface area contributed by atoms with Crippen LogP contribution in [-0.4, -0.2) is 39.1 Å². The Balaban J connectivity index is 0.000000178. The van der Waals surface area contributed by atoms with Gasteiger partial charge in [0, 0.05) is 32.8 Å². The number of fused-ring (bicyclic) bond motifs is 5. The second kappa shape index (κ2) is 13.0. The summed E-state index contributed by atoms with van der Waals surface area (Å²) in [6.07, 6.45) is 1.12. The predicted octanol–water partition coefficient (Wildman–Crippen LogP) is 4.72. The molecule has 0 unspecified atom stereocenters. The van der Waals surface area contributed by atoms with Crippen molar-refractivity contribution in [3.63, 3.8) is 0 Å². The Morgan fingerprint density at radius 3 is 2.18 bits per heavy atom. The molecule has 0 aromatic heterocycles. The van der Waals surface area contributed by atoms with Crippen LogP contribution in [0.25, 0.3) is 21.5 Å². The molecule has 0 spiro atoms. The van der Waals surface area contributed by atoms with Gasteiger partial charge in [-0.05, 0) is 79.6 Å². The number of anilines is 2. The molecule has 0 fully saturated rings. The van der Waals surface area contributed by atoms with Gasteiger partial charge in [0.2, 0.25) is 0 Å². The molecule has 0 saturated carbocycles. The Bertz CT molecular complexity index is 1540. The van der Waals surface area contributed by atoms with E-state index >= 15 is 0 Å². The fourth-order valence-corrected chi connectivity index (χ4v) is 6.15. The van der Waals surface area contributed by atoms with Crippen molar-refractivity contribution in [2.45, 2.75) is 16.2 Å². The third kappa shape index (κ3) is 6.19. The first-order chi connectivity index (χ1) is 18.0. The van der Waals surface area contributed by atoms with Crippen LogP contribution in [0.4, 0.5) is 17.1 Å². The van der Waals surface area contributed by atoms with Gasteiger partial charge in [-0.2, -0.15) is 0 Å². The lowest BCUT2D eigenvalue weighted by Crippen LogP contribution is -3.00. The maximum Gasteiger partial charge on any atom is 0.137 e. The summed E-state index contributed by atoms with van der Waals surface area (Å²) in [5, 5.41) is 8.30. The molecular weight excluding hydrogens is 574 g/mol. The lowest BCUT2D eigenvalue weighted by Gasteiger charge is -2.33. The first-order valence-electron chi connectivity index (χ1n) is 12.7. The summed E-state index contributed by atoms with van der Waals surface area (Å²) in [6, 6.07) is 34.2. The molecule has 2 N–H and O–H groups in total. The topological polar surface area (TPSA) is 23.1 Å². The molecule has 5 aromatic rings. The van der Waals surface area contributed by atoms with Gasteiger partial charge >= 0.3 is 0 Å². The minimum atomic E-state index is 0. The van der Waals surface area contributed by atoms with E-state index in [1.54, 1.807) is 0 Å². The number of nitrogens with two attached hydrogens (primary N) is 1. The molecule has 0 aliphatic carbocycles. The van der Waals surface area contributed by atoms with Gasteiger partial charge in [0.25, 0.3) is 0 Å². The summed E-state index contributed by atoms with van der Waals surface area (Å²) < 4.78 is 0. The highest BCUT2D eigenvalue weighted by Crippen LogP contribution is 2.48. The smallest absolute Gasteiger partial charge is 0.137 e. The molecule has 6 heteroatoms. The van der Waals surface area contributed by atoms with Crippen LogP contribution >= 0.6 is 23.4 Å². The largest absolute Gasteiger partial charge is 1.00 e. The maximum atomic E-state index is 6.21. The number of benzene rings is 5. The predicted molar refractivity (Wildman–Crippen MR) is 161 cm³/mol. The molecule has 1 heterocycles. The molecule has 1 aliphatic heterocycles. The molecular formula is C32H33BrClN3S. The van der Waals surface area contributed by atoms with Gasteiger partial charge in [-0.25, -0.2) is 0 Å². The van der Waals surface area contributed by atoms with Crippen molar-refractivity contribution in [1.29, 1.82) is 0 Å². The average molecular weight is 607 g/mol. The molecule has 0 saturated heterocycles. The molecule has 6 rings (SSSR count). The van der Waals surface area contributed by atoms with E-state index in [2.05, 4.69) is 127 Å². The van der Waals surface area contributed by atoms with Crippen LogP contribution in [-0.2, 0) is 0 Å². The Kier molecular flexibility index (Phi) is 9.74. The molecule has 196 valence electrons. The zero-order chi connectivity index (χ0) is 25.8. The first-order valence-corrected chi connectivity index (χ1v) is 13.9. The van der Waals surface area contributed by atoms with Crippen LogP contribution in [0, 0.1) is 0 Å². The molecule has 5 aromatic carbocycles. The van der Waals surface area contributed by atoms with E-state index in [9.17, 15) is 0 Å². The second-order valence-corrected chi connectivity index (χ2v) is 11.0. The van der Waals surface area contributed by atoms with Crippen LogP contribution in [0.15, 0.2) is 107 Å². The second-order valence-electron chi connectivity index (χ2n) is 9.51. The normalized spacial score (nSPS) is 12.0. The van der Waals surface area contributed by atoms with Crippen molar-refractivity contribution in [3.8, 4) is 0 Å². The third-order valence-electron chi connectivity index (χ3n) is 6.69. The number of halogens is 2. The zero-order valence-electron chi connectivity index (χ0n) is 22.0. The van der Waals surface area contributed by atoms with E-state index < -0.39 is 0 Å². The third-order valence-corrected chi connectivity index (χ3v) is 8.05. The number of quaternary nitrogens is 1. The van der Waals surface area contributed by atoms with Gasteiger partial charge in [-0.3, -0.25) is 0 Å². The molecule has 0 radical (unpaired) electrons. The summed E-state index contributed by atoms with van der Waals surface area (Å²) in [5.74, 6) is 0.